The van der Waals surface area contributed by atoms with Crippen molar-refractivity contribution in [1.82, 2.24) is 19.5 Å². The highest BCUT2D eigenvalue weighted by molar-refractivity contribution is 5.82. The van der Waals surface area contributed by atoms with Gasteiger partial charge in [0.1, 0.15) is 24.6 Å². The van der Waals surface area contributed by atoms with E-state index in [2.05, 4.69) is 20.3 Å². The van der Waals surface area contributed by atoms with Crippen molar-refractivity contribution in [1.29, 1.82) is 0 Å². The van der Waals surface area contributed by atoms with Crippen LogP contribution in [0, 0.1) is 0 Å². The van der Waals surface area contributed by atoms with Gasteiger partial charge in [-0.25, -0.2) is 15.0 Å². The second-order valence-corrected chi connectivity index (χ2v) is 6.52. The van der Waals surface area contributed by atoms with Gasteiger partial charge in [0.05, 0.1) is 25.1 Å². The quantitative estimate of drug-likeness (QED) is 0.485. The first kappa shape index (κ1) is 19.9. The Labute approximate surface area is 156 Å². The molecule has 2 fully saturated rings. The van der Waals surface area contributed by atoms with Crippen molar-refractivity contribution in [3.05, 3.63) is 12.7 Å². The van der Waals surface area contributed by atoms with Crippen molar-refractivity contribution in [2.75, 3.05) is 11.9 Å². The Bertz CT molecular complexity index is 756. The van der Waals surface area contributed by atoms with Gasteiger partial charge in [-0.15, -0.1) is 0 Å². The van der Waals surface area contributed by atoms with Gasteiger partial charge in [0, 0.05) is 0 Å². The predicted molar refractivity (Wildman–Crippen MR) is 96.9 cm³/mol. The summed E-state index contributed by atoms with van der Waals surface area (Å²) in [6.07, 6.45) is 0.768. The van der Waals surface area contributed by atoms with Crippen LogP contribution in [0.3, 0.4) is 0 Å². The van der Waals surface area contributed by atoms with E-state index in [1.165, 1.54) is 17.2 Å². The normalized spacial score (nSPS) is 33.1. The minimum atomic E-state index is -1.21. The highest BCUT2D eigenvalue weighted by atomic mass is 16.6. The van der Waals surface area contributed by atoms with Crippen molar-refractivity contribution >= 4 is 17.0 Å². The number of anilines is 1. The van der Waals surface area contributed by atoms with Gasteiger partial charge in [0.15, 0.2) is 23.2 Å². The van der Waals surface area contributed by atoms with Crippen molar-refractivity contribution < 1.29 is 25.2 Å². The number of rotatable bonds is 4. The number of aliphatic hydroxyl groups is 4. The average Bonchev–Trinajstić information content (AvgIpc) is 3.37. The third-order valence-electron chi connectivity index (χ3n) is 4.95. The van der Waals surface area contributed by atoms with Gasteiger partial charge in [0.25, 0.3) is 0 Å². The second kappa shape index (κ2) is 8.44. The Morgan fingerprint density at radius 2 is 1.93 bits per heavy atom. The van der Waals surface area contributed by atoms with Crippen LogP contribution in [-0.2, 0) is 4.74 Å². The first-order valence-electron chi connectivity index (χ1n) is 9.34. The van der Waals surface area contributed by atoms with E-state index in [1.807, 2.05) is 13.8 Å². The lowest BCUT2D eigenvalue weighted by Crippen LogP contribution is -2.33. The molecule has 2 unspecified atom stereocenters. The van der Waals surface area contributed by atoms with E-state index in [9.17, 15) is 20.4 Å². The summed E-state index contributed by atoms with van der Waals surface area (Å²) in [5, 5.41) is 42.6. The Morgan fingerprint density at radius 3 is 2.56 bits per heavy atom. The van der Waals surface area contributed by atoms with Gasteiger partial charge in [0.2, 0.25) is 0 Å². The number of ether oxygens (including phenoxy) is 1. The fraction of sp³-hybridized carbons (Fsp3) is 0.706. The van der Waals surface area contributed by atoms with Crippen LogP contribution in [-0.4, -0.2) is 77.0 Å². The topological polar surface area (TPSA) is 146 Å². The maximum Gasteiger partial charge on any atom is 0.167 e. The highest BCUT2D eigenvalue weighted by Crippen LogP contribution is 2.32. The van der Waals surface area contributed by atoms with Crippen molar-refractivity contribution in [2.24, 2.45) is 0 Å². The van der Waals surface area contributed by atoms with Crippen LogP contribution < -0.4 is 5.32 Å². The molecule has 0 radical (unpaired) electrons. The van der Waals surface area contributed by atoms with Crippen LogP contribution in [0.5, 0.6) is 0 Å². The monoisotopic (exact) mass is 381 g/mol. The van der Waals surface area contributed by atoms with Crippen LogP contribution in [0.4, 0.5) is 5.82 Å². The van der Waals surface area contributed by atoms with E-state index in [0.717, 1.165) is 19.3 Å². The molecular weight excluding hydrogens is 354 g/mol. The molecule has 6 atom stereocenters. The maximum absolute atomic E-state index is 10.2. The summed E-state index contributed by atoms with van der Waals surface area (Å²) in [7, 11) is 0. The van der Waals surface area contributed by atoms with Gasteiger partial charge >= 0.3 is 0 Å². The summed E-state index contributed by atoms with van der Waals surface area (Å²) >= 11 is 0. The van der Waals surface area contributed by atoms with Crippen LogP contribution >= 0.6 is 0 Å². The molecule has 27 heavy (non-hydrogen) atoms. The van der Waals surface area contributed by atoms with Crippen molar-refractivity contribution in [3.63, 3.8) is 0 Å². The lowest BCUT2D eigenvalue weighted by molar-refractivity contribution is -0.0511. The molecule has 0 aromatic carbocycles. The molecule has 0 amide bonds. The Morgan fingerprint density at radius 1 is 1.15 bits per heavy atom. The molecule has 10 nitrogen and oxygen atoms in total. The number of hydrogen-bond acceptors (Lipinski definition) is 9. The van der Waals surface area contributed by atoms with E-state index in [-0.39, 0.29) is 6.04 Å². The number of aliphatic hydroxyl groups excluding tert-OH is 4. The van der Waals surface area contributed by atoms with E-state index >= 15 is 0 Å². The Hall–Kier alpha value is -1.85. The highest BCUT2D eigenvalue weighted by Gasteiger charge is 2.44. The molecular formula is C17H27N5O5. The number of aromatic nitrogens is 4. The molecule has 10 heteroatoms. The van der Waals surface area contributed by atoms with Crippen LogP contribution in [0.1, 0.15) is 39.3 Å². The van der Waals surface area contributed by atoms with Gasteiger partial charge < -0.3 is 30.5 Å². The Balaban J connectivity index is 0.00000102. The third-order valence-corrected chi connectivity index (χ3v) is 4.95. The molecule has 0 bridgehead atoms. The fourth-order valence-electron chi connectivity index (χ4n) is 3.54. The molecule has 2 aromatic heterocycles. The molecule has 4 rings (SSSR count). The number of imidazole rings is 1. The van der Waals surface area contributed by atoms with E-state index in [1.54, 1.807) is 0 Å². The lowest BCUT2D eigenvalue weighted by atomic mass is 10.1. The van der Waals surface area contributed by atoms with E-state index < -0.39 is 37.3 Å². The number of nitrogens with zero attached hydrogens (tertiary/aromatic N) is 4. The summed E-state index contributed by atoms with van der Waals surface area (Å²) in [6, 6.07) is -0.0860. The molecule has 2 aliphatic rings. The van der Waals surface area contributed by atoms with E-state index in [0.29, 0.717) is 17.0 Å². The number of nitrogens with one attached hydrogen (secondary N) is 1. The summed E-state index contributed by atoms with van der Waals surface area (Å²) in [5.74, 6) is 0.501. The lowest BCUT2D eigenvalue weighted by Gasteiger charge is -2.18. The molecule has 2 aromatic rings. The van der Waals surface area contributed by atoms with Gasteiger partial charge in [-0.2, -0.15) is 0 Å². The minimum Gasteiger partial charge on any atom is -0.394 e. The second-order valence-electron chi connectivity index (χ2n) is 6.52. The zero-order valence-corrected chi connectivity index (χ0v) is 15.4. The van der Waals surface area contributed by atoms with Gasteiger partial charge in [-0.1, -0.05) is 13.8 Å². The van der Waals surface area contributed by atoms with Crippen LogP contribution in [0.2, 0.25) is 0 Å². The SMILES string of the molecule is CC.OC[C@H]1O[C@@H](n2cnc3c(NC4CCCC4O)ncnc32)[C@H](O)[C@@H]1O. The predicted octanol–water partition coefficient (Wildman–Crippen LogP) is -0.211. The van der Waals surface area contributed by atoms with Crippen molar-refractivity contribution in [2.45, 2.75) is 69.8 Å². The molecule has 3 heterocycles. The molecule has 0 spiro atoms. The standard InChI is InChI=1S/C15H21N5O5.C2H6/c21-4-9-11(23)12(24)15(25-9)20-6-18-10-13(16-5-17-14(10)20)19-7-2-1-3-8(7)22;1-2/h5-9,11-12,15,21-24H,1-4H2,(H,16,17,19);1-2H3/t7?,8?,9-,11-,12-,15-;/m1./s1. The van der Waals surface area contributed by atoms with Crippen LogP contribution in [0.15, 0.2) is 12.7 Å². The zero-order valence-electron chi connectivity index (χ0n) is 15.4. The smallest absolute Gasteiger partial charge is 0.167 e. The summed E-state index contributed by atoms with van der Waals surface area (Å²) in [4.78, 5) is 12.7. The molecule has 1 saturated carbocycles. The molecule has 1 aliphatic heterocycles. The number of hydrogen-bond donors (Lipinski definition) is 5. The maximum atomic E-state index is 10.2. The van der Waals surface area contributed by atoms with Gasteiger partial charge in [-0.3, -0.25) is 4.57 Å². The molecule has 5 N–H and O–H groups in total. The largest absolute Gasteiger partial charge is 0.394 e. The fourth-order valence-corrected chi connectivity index (χ4v) is 3.54. The van der Waals surface area contributed by atoms with Crippen molar-refractivity contribution in [3.8, 4) is 0 Å². The first-order valence-corrected chi connectivity index (χ1v) is 9.34. The molecule has 1 saturated heterocycles. The summed E-state index contributed by atoms with van der Waals surface area (Å²) in [5.41, 5.74) is 0.916. The number of fused-ring (bicyclic) bond motifs is 1. The minimum absolute atomic E-state index is 0.0860. The molecule has 150 valence electrons. The Kier molecular flexibility index (Phi) is 6.22. The molecule has 1 aliphatic carbocycles. The van der Waals surface area contributed by atoms with E-state index in [4.69, 9.17) is 4.74 Å². The summed E-state index contributed by atoms with van der Waals surface area (Å²) < 4.78 is 7.04. The first-order chi connectivity index (χ1) is 13.1. The summed E-state index contributed by atoms with van der Waals surface area (Å²) in [6.45, 7) is 3.60. The van der Waals surface area contributed by atoms with Crippen LogP contribution in [0.25, 0.3) is 11.2 Å². The third kappa shape index (κ3) is 3.63. The average molecular weight is 381 g/mol. The van der Waals surface area contributed by atoms with Gasteiger partial charge in [-0.05, 0) is 19.3 Å². The zero-order chi connectivity index (χ0) is 19.6.